The van der Waals surface area contributed by atoms with Gasteiger partial charge in [0.05, 0.1) is 11.7 Å². The van der Waals surface area contributed by atoms with Crippen LogP contribution in [0.5, 0.6) is 0 Å². The van der Waals surface area contributed by atoms with Gasteiger partial charge < -0.3 is 0 Å². The van der Waals surface area contributed by atoms with E-state index in [-0.39, 0.29) is 1.43 Å². The SMILES string of the molecule is CCC(C)c1ccc2[nH]ncc2c1.[HH]. The maximum atomic E-state index is 4.00. The predicted molar refractivity (Wildman–Crippen MR) is 56.9 cm³/mol. The van der Waals surface area contributed by atoms with Crippen molar-refractivity contribution in [1.82, 2.24) is 10.2 Å². The molecule has 0 aliphatic heterocycles. The molecule has 1 aromatic heterocycles. The van der Waals surface area contributed by atoms with Crippen molar-refractivity contribution in [1.29, 1.82) is 0 Å². The lowest BCUT2D eigenvalue weighted by atomic mass is 9.98. The fourth-order valence-corrected chi connectivity index (χ4v) is 1.50. The second-order valence-corrected chi connectivity index (χ2v) is 3.53. The molecule has 0 amide bonds. The van der Waals surface area contributed by atoms with E-state index in [1.807, 2.05) is 6.20 Å². The van der Waals surface area contributed by atoms with Gasteiger partial charge in [0.15, 0.2) is 0 Å². The molecule has 1 aromatic carbocycles. The fourth-order valence-electron chi connectivity index (χ4n) is 1.50. The van der Waals surface area contributed by atoms with Gasteiger partial charge in [-0.1, -0.05) is 19.9 Å². The quantitative estimate of drug-likeness (QED) is 0.747. The van der Waals surface area contributed by atoms with Crippen molar-refractivity contribution in [3.05, 3.63) is 30.0 Å². The van der Waals surface area contributed by atoms with E-state index in [1.54, 1.807) is 0 Å². The summed E-state index contributed by atoms with van der Waals surface area (Å²) in [6.07, 6.45) is 3.06. The van der Waals surface area contributed by atoms with Crippen molar-refractivity contribution in [3.63, 3.8) is 0 Å². The van der Waals surface area contributed by atoms with Crippen LogP contribution in [0.1, 0.15) is 33.2 Å². The van der Waals surface area contributed by atoms with Gasteiger partial charge in [-0.25, -0.2) is 0 Å². The summed E-state index contributed by atoms with van der Waals surface area (Å²) in [6.45, 7) is 4.46. The average Bonchev–Trinajstić information content (AvgIpc) is 2.63. The zero-order valence-corrected chi connectivity index (χ0v) is 8.04. The molecule has 1 N–H and O–H groups in total. The highest BCUT2D eigenvalue weighted by atomic mass is 15.1. The van der Waals surface area contributed by atoms with Crippen molar-refractivity contribution in [2.24, 2.45) is 0 Å². The fraction of sp³-hybridized carbons (Fsp3) is 0.364. The summed E-state index contributed by atoms with van der Waals surface area (Å²) in [5, 5.41) is 8.16. The van der Waals surface area contributed by atoms with Crippen LogP contribution in [-0.4, -0.2) is 10.2 Å². The number of benzene rings is 1. The normalized spacial score (nSPS) is 13.4. The van der Waals surface area contributed by atoms with Crippen LogP contribution in [-0.2, 0) is 0 Å². The zero-order chi connectivity index (χ0) is 9.26. The summed E-state index contributed by atoms with van der Waals surface area (Å²) in [5.74, 6) is 0.638. The Labute approximate surface area is 79.5 Å². The van der Waals surface area contributed by atoms with Crippen molar-refractivity contribution in [3.8, 4) is 0 Å². The number of hydrogen-bond donors (Lipinski definition) is 1. The van der Waals surface area contributed by atoms with Crippen LogP contribution in [0.25, 0.3) is 10.9 Å². The maximum Gasteiger partial charge on any atom is 0.0650 e. The number of fused-ring (bicyclic) bond motifs is 1. The maximum absolute atomic E-state index is 4.00. The number of H-pyrrole nitrogens is 1. The van der Waals surface area contributed by atoms with Crippen molar-refractivity contribution in [2.45, 2.75) is 26.2 Å². The first-order valence-electron chi connectivity index (χ1n) is 4.74. The number of nitrogens with one attached hydrogen (secondary N) is 1. The van der Waals surface area contributed by atoms with Gasteiger partial charge in [0.1, 0.15) is 0 Å². The minimum atomic E-state index is 0. The second-order valence-electron chi connectivity index (χ2n) is 3.53. The van der Waals surface area contributed by atoms with Crippen LogP contribution in [0, 0.1) is 0 Å². The highest BCUT2D eigenvalue weighted by Gasteiger charge is 2.03. The topological polar surface area (TPSA) is 28.7 Å². The van der Waals surface area contributed by atoms with Crippen LogP contribution < -0.4 is 0 Å². The highest BCUT2D eigenvalue weighted by Crippen LogP contribution is 2.22. The van der Waals surface area contributed by atoms with Crippen LogP contribution in [0.3, 0.4) is 0 Å². The summed E-state index contributed by atoms with van der Waals surface area (Å²) in [6, 6.07) is 6.49. The van der Waals surface area contributed by atoms with Gasteiger partial charge in [0.2, 0.25) is 0 Å². The third-order valence-electron chi connectivity index (χ3n) is 2.65. The number of hydrogen-bond acceptors (Lipinski definition) is 1. The van der Waals surface area contributed by atoms with Crippen LogP contribution in [0.15, 0.2) is 24.4 Å². The Bertz CT molecular complexity index is 408. The smallest absolute Gasteiger partial charge is 0.0650 e. The van der Waals surface area contributed by atoms with E-state index < -0.39 is 0 Å². The molecular formula is C11H16N2. The lowest BCUT2D eigenvalue weighted by molar-refractivity contribution is 0.735. The first kappa shape index (κ1) is 8.30. The Balaban J connectivity index is 0.000000980. The molecule has 2 heteroatoms. The molecule has 0 fully saturated rings. The van der Waals surface area contributed by atoms with Crippen molar-refractivity contribution >= 4 is 10.9 Å². The Kier molecular flexibility index (Phi) is 2.05. The Morgan fingerprint density at radius 3 is 3.15 bits per heavy atom. The monoisotopic (exact) mass is 176 g/mol. The van der Waals surface area contributed by atoms with E-state index in [0.717, 1.165) is 5.52 Å². The molecule has 2 rings (SSSR count). The molecule has 2 nitrogen and oxygen atoms in total. The van der Waals surface area contributed by atoms with Gasteiger partial charge in [-0.05, 0) is 30.0 Å². The van der Waals surface area contributed by atoms with Gasteiger partial charge in [0.25, 0.3) is 0 Å². The van der Waals surface area contributed by atoms with Gasteiger partial charge in [-0.3, -0.25) is 5.10 Å². The molecule has 0 radical (unpaired) electrons. The van der Waals surface area contributed by atoms with E-state index in [1.165, 1.54) is 17.4 Å². The third kappa shape index (κ3) is 1.44. The van der Waals surface area contributed by atoms with Gasteiger partial charge in [-0.2, -0.15) is 5.10 Å². The first-order chi connectivity index (χ1) is 6.31. The minimum absolute atomic E-state index is 0. The lowest BCUT2D eigenvalue weighted by Crippen LogP contribution is -1.89. The standard InChI is InChI=1S/C11H14N2.H2/c1-3-8(2)9-4-5-11-10(6-9)7-12-13-11;/h4-8H,3H2,1-2H3,(H,12,13);1H. The average molecular weight is 176 g/mol. The molecule has 0 aliphatic carbocycles. The Hall–Kier alpha value is -1.31. The molecule has 0 spiro atoms. The van der Waals surface area contributed by atoms with E-state index in [9.17, 15) is 0 Å². The van der Waals surface area contributed by atoms with Gasteiger partial charge >= 0.3 is 0 Å². The molecule has 2 aromatic rings. The van der Waals surface area contributed by atoms with E-state index in [4.69, 9.17) is 0 Å². The van der Waals surface area contributed by atoms with E-state index in [0.29, 0.717) is 5.92 Å². The number of nitrogens with zero attached hydrogens (tertiary/aromatic N) is 1. The highest BCUT2D eigenvalue weighted by molar-refractivity contribution is 5.78. The van der Waals surface area contributed by atoms with E-state index in [2.05, 4.69) is 42.2 Å². The predicted octanol–water partition coefficient (Wildman–Crippen LogP) is 3.32. The summed E-state index contributed by atoms with van der Waals surface area (Å²) < 4.78 is 0. The Morgan fingerprint density at radius 1 is 1.54 bits per heavy atom. The molecule has 13 heavy (non-hydrogen) atoms. The molecule has 0 saturated carbocycles. The molecule has 0 saturated heterocycles. The van der Waals surface area contributed by atoms with Crippen molar-refractivity contribution < 1.29 is 1.43 Å². The summed E-state index contributed by atoms with van der Waals surface area (Å²) >= 11 is 0. The van der Waals surface area contributed by atoms with Crippen molar-refractivity contribution in [2.75, 3.05) is 0 Å². The molecule has 70 valence electrons. The van der Waals surface area contributed by atoms with Gasteiger partial charge in [0, 0.05) is 6.81 Å². The molecular weight excluding hydrogens is 160 g/mol. The molecule has 0 bridgehead atoms. The number of rotatable bonds is 2. The summed E-state index contributed by atoms with van der Waals surface area (Å²) in [7, 11) is 0. The first-order valence-corrected chi connectivity index (χ1v) is 4.74. The minimum Gasteiger partial charge on any atom is -0.278 e. The van der Waals surface area contributed by atoms with Crippen LogP contribution in [0.4, 0.5) is 0 Å². The molecule has 0 aliphatic rings. The lowest BCUT2D eigenvalue weighted by Gasteiger charge is -2.07. The van der Waals surface area contributed by atoms with Gasteiger partial charge in [-0.15, -0.1) is 0 Å². The largest absolute Gasteiger partial charge is 0.278 e. The zero-order valence-electron chi connectivity index (χ0n) is 8.04. The molecule has 1 unspecified atom stereocenters. The second kappa shape index (κ2) is 3.21. The third-order valence-corrected chi connectivity index (χ3v) is 2.65. The molecule has 1 heterocycles. The number of aromatic nitrogens is 2. The summed E-state index contributed by atoms with van der Waals surface area (Å²) in [4.78, 5) is 0. The summed E-state index contributed by atoms with van der Waals surface area (Å²) in [5.41, 5.74) is 2.52. The van der Waals surface area contributed by atoms with Crippen LogP contribution >= 0.6 is 0 Å². The molecule has 1 atom stereocenters. The number of aromatic amines is 1. The van der Waals surface area contributed by atoms with E-state index >= 15 is 0 Å². The Morgan fingerprint density at radius 2 is 2.38 bits per heavy atom. The van der Waals surface area contributed by atoms with Crippen LogP contribution in [0.2, 0.25) is 0 Å².